The standard InChI is InChI=1S/C54H92NO8P/c1-6-8-10-12-14-16-18-20-22-24-25-26-27-28-29-31-33-35-37-39-41-43-45-47-54(57)63-52(51-62-64(58,59)61-49-48-55(3,4)5)50-60-53(56)46-44-42-40-38-36-34-32-30-23-21-19-17-15-13-11-9-7-2/h8,10,14-17,20-23,25-26,28-29,33,35,52H,6-7,9,11-13,18-19,24,27,30-32,34,36-51H2,1-5H3/b10-8-,16-14-,17-15-,22-20-,23-21-,26-25-,29-28-,35-33-. The zero-order valence-corrected chi connectivity index (χ0v) is 42.1. The molecule has 2 unspecified atom stereocenters. The first kappa shape index (κ1) is 60.9. The Hall–Kier alpha value is -3.07. The molecule has 0 saturated heterocycles. The summed E-state index contributed by atoms with van der Waals surface area (Å²) in [6.45, 7) is 4.04. The van der Waals surface area contributed by atoms with Crippen LogP contribution in [0.25, 0.3) is 0 Å². The van der Waals surface area contributed by atoms with Crippen LogP contribution >= 0.6 is 7.82 Å². The van der Waals surface area contributed by atoms with Crippen molar-refractivity contribution in [2.24, 2.45) is 0 Å². The van der Waals surface area contributed by atoms with Crippen LogP contribution in [0.15, 0.2) is 97.2 Å². The van der Waals surface area contributed by atoms with Crippen molar-refractivity contribution in [1.82, 2.24) is 0 Å². The van der Waals surface area contributed by atoms with E-state index in [1.165, 1.54) is 44.9 Å². The molecule has 0 rings (SSSR count). The maximum Gasteiger partial charge on any atom is 0.306 e. The lowest BCUT2D eigenvalue weighted by atomic mass is 10.1. The van der Waals surface area contributed by atoms with E-state index in [1.54, 1.807) is 0 Å². The highest BCUT2D eigenvalue weighted by atomic mass is 31.2. The van der Waals surface area contributed by atoms with Gasteiger partial charge in [-0.05, 0) is 96.3 Å². The molecular formula is C54H92NO8P. The zero-order valence-electron chi connectivity index (χ0n) is 41.2. The van der Waals surface area contributed by atoms with E-state index < -0.39 is 32.5 Å². The van der Waals surface area contributed by atoms with E-state index in [0.29, 0.717) is 23.9 Å². The van der Waals surface area contributed by atoms with Gasteiger partial charge in [-0.25, -0.2) is 0 Å². The Bertz CT molecular complexity index is 1400. The average molecular weight is 914 g/mol. The van der Waals surface area contributed by atoms with Gasteiger partial charge in [-0.1, -0.05) is 169 Å². The molecule has 0 spiro atoms. The molecule has 0 amide bonds. The van der Waals surface area contributed by atoms with E-state index in [-0.39, 0.29) is 26.1 Å². The molecule has 0 aromatic heterocycles. The zero-order chi connectivity index (χ0) is 47.1. The Morgan fingerprint density at radius 2 is 0.891 bits per heavy atom. The molecule has 0 aliphatic rings. The molecule has 10 heteroatoms. The number of carbonyl (C=O) groups is 2. The highest BCUT2D eigenvalue weighted by Crippen LogP contribution is 2.38. The highest BCUT2D eigenvalue weighted by molar-refractivity contribution is 7.45. The van der Waals surface area contributed by atoms with E-state index in [0.717, 1.165) is 96.3 Å². The second-order valence-corrected chi connectivity index (χ2v) is 18.9. The van der Waals surface area contributed by atoms with Crippen LogP contribution in [-0.4, -0.2) is 70.0 Å². The summed E-state index contributed by atoms with van der Waals surface area (Å²) in [7, 11) is 1.13. The summed E-state index contributed by atoms with van der Waals surface area (Å²) in [6.07, 6.45) is 60.0. The van der Waals surface area contributed by atoms with Gasteiger partial charge in [0, 0.05) is 12.8 Å². The van der Waals surface area contributed by atoms with Gasteiger partial charge in [0.15, 0.2) is 6.10 Å². The largest absolute Gasteiger partial charge is 0.756 e. The number of hydrogen-bond acceptors (Lipinski definition) is 8. The molecule has 64 heavy (non-hydrogen) atoms. The summed E-state index contributed by atoms with van der Waals surface area (Å²) in [4.78, 5) is 37.7. The first-order valence-electron chi connectivity index (χ1n) is 24.9. The molecule has 0 saturated carbocycles. The topological polar surface area (TPSA) is 111 Å². The molecule has 0 fully saturated rings. The normalized spacial score (nSPS) is 14.3. The highest BCUT2D eigenvalue weighted by Gasteiger charge is 2.21. The van der Waals surface area contributed by atoms with Gasteiger partial charge in [0.05, 0.1) is 27.7 Å². The number of phosphoric ester groups is 1. The number of likely N-dealkylation sites (N-methyl/N-ethyl adjacent to an activating group) is 1. The fourth-order valence-electron chi connectivity index (χ4n) is 6.22. The molecule has 366 valence electrons. The monoisotopic (exact) mass is 914 g/mol. The SMILES string of the molecule is CC/C=C\C/C=C\C/C=C\C/C=C\C/C=C\C/C=C\CCCCCCC(=O)OC(COC(=O)CCCCCCCCC/C=C\C/C=C\CCCCC)COP(=O)([O-])OCC[N+](C)(C)C. The van der Waals surface area contributed by atoms with Crippen LogP contribution in [0.5, 0.6) is 0 Å². The molecule has 0 N–H and O–H groups in total. The van der Waals surface area contributed by atoms with Crippen LogP contribution in [0, 0.1) is 0 Å². The molecule has 0 aliphatic heterocycles. The van der Waals surface area contributed by atoms with Gasteiger partial charge in [-0.3, -0.25) is 14.2 Å². The molecule has 0 heterocycles. The first-order valence-corrected chi connectivity index (χ1v) is 26.4. The van der Waals surface area contributed by atoms with E-state index in [2.05, 4.69) is 111 Å². The van der Waals surface area contributed by atoms with Crippen molar-refractivity contribution >= 4 is 19.8 Å². The Morgan fingerprint density at radius 1 is 0.500 bits per heavy atom. The van der Waals surface area contributed by atoms with Gasteiger partial charge < -0.3 is 27.9 Å². The van der Waals surface area contributed by atoms with Crippen molar-refractivity contribution in [3.8, 4) is 0 Å². The summed E-state index contributed by atoms with van der Waals surface area (Å²) in [5.74, 6) is -0.880. The van der Waals surface area contributed by atoms with Crippen molar-refractivity contribution in [3.05, 3.63) is 97.2 Å². The van der Waals surface area contributed by atoms with Crippen molar-refractivity contribution in [1.29, 1.82) is 0 Å². The summed E-state index contributed by atoms with van der Waals surface area (Å²) < 4.78 is 34.0. The third-order valence-electron chi connectivity index (χ3n) is 10.1. The number of hydrogen-bond donors (Lipinski definition) is 0. The number of unbranched alkanes of at least 4 members (excludes halogenated alkanes) is 14. The minimum Gasteiger partial charge on any atom is -0.756 e. The number of nitrogens with zero attached hydrogens (tertiary/aromatic N) is 1. The van der Waals surface area contributed by atoms with Gasteiger partial charge in [-0.15, -0.1) is 0 Å². The lowest BCUT2D eigenvalue weighted by Gasteiger charge is -2.28. The van der Waals surface area contributed by atoms with E-state index in [9.17, 15) is 19.0 Å². The third-order valence-corrected chi connectivity index (χ3v) is 11.1. The Kier molecular flexibility index (Phi) is 42.9. The number of carbonyl (C=O) groups excluding carboxylic acids is 2. The van der Waals surface area contributed by atoms with E-state index in [1.807, 2.05) is 21.1 Å². The molecule has 9 nitrogen and oxygen atoms in total. The number of allylic oxidation sites excluding steroid dienone is 16. The third kappa shape index (κ3) is 48.4. The van der Waals surface area contributed by atoms with Gasteiger partial charge >= 0.3 is 11.9 Å². The lowest BCUT2D eigenvalue weighted by molar-refractivity contribution is -0.870. The number of quaternary nitrogens is 1. The summed E-state index contributed by atoms with van der Waals surface area (Å²) in [5.41, 5.74) is 0. The molecule has 0 bridgehead atoms. The lowest BCUT2D eigenvalue weighted by Crippen LogP contribution is -2.37. The maximum atomic E-state index is 12.7. The summed E-state index contributed by atoms with van der Waals surface area (Å²) in [6, 6.07) is 0. The van der Waals surface area contributed by atoms with Gasteiger partial charge in [-0.2, -0.15) is 0 Å². The van der Waals surface area contributed by atoms with Crippen molar-refractivity contribution in [3.63, 3.8) is 0 Å². The second-order valence-electron chi connectivity index (χ2n) is 17.4. The van der Waals surface area contributed by atoms with Crippen molar-refractivity contribution < 1.29 is 42.1 Å². The van der Waals surface area contributed by atoms with Crippen LogP contribution in [0.3, 0.4) is 0 Å². The van der Waals surface area contributed by atoms with Crippen LogP contribution in [-0.2, 0) is 32.7 Å². The molecule has 2 atom stereocenters. The van der Waals surface area contributed by atoms with E-state index >= 15 is 0 Å². The minimum atomic E-state index is -4.65. The van der Waals surface area contributed by atoms with E-state index in [4.69, 9.17) is 18.5 Å². The fourth-order valence-corrected chi connectivity index (χ4v) is 6.94. The Balaban J connectivity index is 4.38. The number of rotatable bonds is 44. The van der Waals surface area contributed by atoms with Crippen LogP contribution in [0.4, 0.5) is 0 Å². The smallest absolute Gasteiger partial charge is 0.306 e. The molecule has 0 radical (unpaired) electrons. The van der Waals surface area contributed by atoms with Gasteiger partial charge in [0.2, 0.25) is 0 Å². The quantitative estimate of drug-likeness (QED) is 0.0195. The fraction of sp³-hybridized carbons (Fsp3) is 0.667. The van der Waals surface area contributed by atoms with Crippen LogP contribution in [0.1, 0.15) is 181 Å². The maximum absolute atomic E-state index is 12.7. The molecular weight excluding hydrogens is 822 g/mol. The molecule has 0 aromatic rings. The van der Waals surface area contributed by atoms with Crippen LogP contribution < -0.4 is 4.89 Å². The summed E-state index contributed by atoms with van der Waals surface area (Å²) >= 11 is 0. The molecule has 0 aliphatic carbocycles. The Morgan fingerprint density at radius 3 is 1.33 bits per heavy atom. The minimum absolute atomic E-state index is 0.0431. The van der Waals surface area contributed by atoms with Gasteiger partial charge in [0.25, 0.3) is 7.82 Å². The summed E-state index contributed by atoms with van der Waals surface area (Å²) in [5, 5.41) is 0. The number of ether oxygens (including phenoxy) is 2. The average Bonchev–Trinajstić information content (AvgIpc) is 3.25. The van der Waals surface area contributed by atoms with Crippen LogP contribution in [0.2, 0.25) is 0 Å². The second kappa shape index (κ2) is 45.1. The number of phosphoric acid groups is 1. The number of esters is 2. The molecule has 0 aromatic carbocycles. The Labute approximate surface area is 392 Å². The van der Waals surface area contributed by atoms with Crippen molar-refractivity contribution in [2.45, 2.75) is 187 Å². The first-order chi connectivity index (χ1) is 31.0. The predicted octanol–water partition coefficient (Wildman–Crippen LogP) is 14.3. The van der Waals surface area contributed by atoms with Gasteiger partial charge in [0.1, 0.15) is 19.8 Å². The van der Waals surface area contributed by atoms with Crippen molar-refractivity contribution in [2.75, 3.05) is 47.5 Å². The predicted molar refractivity (Wildman–Crippen MR) is 268 cm³/mol.